The third-order valence-corrected chi connectivity index (χ3v) is 1.23. The summed E-state index contributed by atoms with van der Waals surface area (Å²) in [6, 6.07) is 0. The fraction of sp³-hybridized carbons (Fsp3) is 0.800. The summed E-state index contributed by atoms with van der Waals surface area (Å²) in [6.07, 6.45) is 1.95. The summed E-state index contributed by atoms with van der Waals surface area (Å²) in [4.78, 5) is 9.83. The zero-order valence-corrected chi connectivity index (χ0v) is 6.11. The van der Waals surface area contributed by atoms with E-state index in [1.165, 1.54) is 0 Å². The minimum Gasteiger partial charge on any atom is -0.480 e. The largest absolute Gasteiger partial charge is 0.480 e. The van der Waals surface area contributed by atoms with E-state index < -0.39 is 5.97 Å². The predicted octanol–water partition coefficient (Wildman–Crippen LogP) is 0.451. The number of aliphatic carboxylic acids is 1. The second-order valence-electron chi connectivity index (χ2n) is 1.44. The maximum absolute atomic E-state index is 9.83. The number of carboxylic acids is 1. The van der Waals surface area contributed by atoms with Crippen LogP contribution in [0.1, 0.15) is 0 Å². The molecule has 0 atom stereocenters. The van der Waals surface area contributed by atoms with Gasteiger partial charge in [-0.25, -0.2) is 4.79 Å². The summed E-state index contributed by atoms with van der Waals surface area (Å²) >= 11 is 1.64. The van der Waals surface area contributed by atoms with Crippen molar-refractivity contribution in [1.29, 1.82) is 0 Å². The van der Waals surface area contributed by atoms with E-state index in [4.69, 9.17) is 9.84 Å². The molecule has 0 amide bonds. The molecule has 0 aliphatic rings. The monoisotopic (exact) mass is 150 g/mol. The molecule has 9 heavy (non-hydrogen) atoms. The fourth-order valence-electron chi connectivity index (χ4n) is 0.302. The smallest absolute Gasteiger partial charge is 0.329 e. The Bertz CT molecular complexity index is 84.3. The molecular formula is C5H10O3S. The van der Waals surface area contributed by atoms with Gasteiger partial charge in [-0.2, -0.15) is 11.8 Å². The van der Waals surface area contributed by atoms with Crippen LogP contribution in [0, 0.1) is 0 Å². The molecule has 0 saturated carbocycles. The average Bonchev–Trinajstić information content (AvgIpc) is 1.80. The summed E-state index contributed by atoms with van der Waals surface area (Å²) in [5.41, 5.74) is 0. The fourth-order valence-corrected chi connectivity index (χ4v) is 0.586. The number of hydrogen-bond donors (Lipinski definition) is 1. The van der Waals surface area contributed by atoms with Gasteiger partial charge in [0.1, 0.15) is 6.61 Å². The number of hydrogen-bond acceptors (Lipinski definition) is 3. The van der Waals surface area contributed by atoms with Crippen LogP contribution >= 0.6 is 11.8 Å². The van der Waals surface area contributed by atoms with Crippen molar-refractivity contribution in [2.24, 2.45) is 0 Å². The molecule has 0 bridgehead atoms. The molecule has 0 aliphatic heterocycles. The molecule has 0 radical (unpaired) electrons. The Morgan fingerprint density at radius 3 is 2.89 bits per heavy atom. The number of carbonyl (C=O) groups is 1. The minimum absolute atomic E-state index is 0.180. The van der Waals surface area contributed by atoms with Crippen molar-refractivity contribution < 1.29 is 14.6 Å². The average molecular weight is 150 g/mol. The second kappa shape index (κ2) is 5.91. The van der Waals surface area contributed by atoms with Crippen LogP contribution in [0.15, 0.2) is 0 Å². The summed E-state index contributed by atoms with van der Waals surface area (Å²) in [6.45, 7) is 0.341. The Morgan fingerprint density at radius 1 is 1.78 bits per heavy atom. The maximum Gasteiger partial charge on any atom is 0.329 e. The lowest BCUT2D eigenvalue weighted by molar-refractivity contribution is -0.141. The zero-order chi connectivity index (χ0) is 7.11. The third kappa shape index (κ3) is 7.78. The standard InChI is InChI=1S/C5H10O3S/c1-9-3-2-8-4-5(6)7/h2-4H2,1H3,(H,6,7). The molecule has 0 aromatic heterocycles. The molecule has 0 heterocycles. The van der Waals surface area contributed by atoms with E-state index in [1.807, 2.05) is 6.26 Å². The van der Waals surface area contributed by atoms with Gasteiger partial charge in [-0.3, -0.25) is 0 Å². The molecule has 0 fully saturated rings. The molecule has 0 aromatic carbocycles. The molecule has 0 aliphatic carbocycles. The van der Waals surface area contributed by atoms with Gasteiger partial charge in [0.2, 0.25) is 0 Å². The second-order valence-corrected chi connectivity index (χ2v) is 2.42. The van der Waals surface area contributed by atoms with E-state index in [0.29, 0.717) is 6.61 Å². The van der Waals surface area contributed by atoms with E-state index in [2.05, 4.69) is 0 Å². The van der Waals surface area contributed by atoms with Crippen LogP contribution < -0.4 is 0 Å². The Kier molecular flexibility index (Phi) is 5.76. The van der Waals surface area contributed by atoms with Crippen molar-refractivity contribution in [3.8, 4) is 0 Å². The van der Waals surface area contributed by atoms with Crippen LogP contribution in [-0.2, 0) is 9.53 Å². The predicted molar refractivity (Wildman–Crippen MR) is 36.8 cm³/mol. The molecule has 1 N–H and O–H groups in total. The van der Waals surface area contributed by atoms with Gasteiger partial charge in [0.05, 0.1) is 6.61 Å². The minimum atomic E-state index is -0.906. The molecule has 0 rings (SSSR count). The summed E-state index contributed by atoms with van der Waals surface area (Å²) in [5.74, 6) is -0.0519. The van der Waals surface area contributed by atoms with E-state index in [-0.39, 0.29) is 6.61 Å². The van der Waals surface area contributed by atoms with Crippen LogP contribution in [0.2, 0.25) is 0 Å². The van der Waals surface area contributed by atoms with Crippen LogP contribution in [0.4, 0.5) is 0 Å². The van der Waals surface area contributed by atoms with E-state index in [1.54, 1.807) is 11.8 Å². The van der Waals surface area contributed by atoms with Gasteiger partial charge in [-0.15, -0.1) is 0 Å². The van der Waals surface area contributed by atoms with Crippen LogP contribution in [0.25, 0.3) is 0 Å². The Hall–Kier alpha value is -0.220. The van der Waals surface area contributed by atoms with E-state index in [0.717, 1.165) is 5.75 Å². The normalized spacial score (nSPS) is 9.44. The number of ether oxygens (including phenoxy) is 1. The first-order chi connectivity index (χ1) is 4.27. The van der Waals surface area contributed by atoms with Crippen molar-refractivity contribution in [3.05, 3.63) is 0 Å². The Balaban J connectivity index is 2.83. The van der Waals surface area contributed by atoms with Crippen LogP contribution in [-0.4, -0.2) is 36.3 Å². The lowest BCUT2D eigenvalue weighted by atomic mass is 10.7. The first-order valence-corrected chi connectivity index (χ1v) is 3.95. The van der Waals surface area contributed by atoms with E-state index in [9.17, 15) is 4.79 Å². The highest BCUT2D eigenvalue weighted by Crippen LogP contribution is 1.89. The SMILES string of the molecule is CSCCOCC(=O)O. The molecule has 0 aromatic rings. The lowest BCUT2D eigenvalue weighted by Crippen LogP contribution is -2.08. The molecule has 3 nitrogen and oxygen atoms in total. The van der Waals surface area contributed by atoms with Gasteiger partial charge in [0, 0.05) is 5.75 Å². The van der Waals surface area contributed by atoms with Crippen molar-refractivity contribution in [2.45, 2.75) is 0 Å². The highest BCUT2D eigenvalue weighted by Gasteiger charge is 1.93. The molecule has 0 spiro atoms. The van der Waals surface area contributed by atoms with Crippen molar-refractivity contribution in [2.75, 3.05) is 25.2 Å². The zero-order valence-electron chi connectivity index (χ0n) is 5.29. The van der Waals surface area contributed by atoms with Crippen LogP contribution in [0.3, 0.4) is 0 Å². The quantitative estimate of drug-likeness (QED) is 0.578. The number of carboxylic acid groups (broad SMARTS) is 1. The maximum atomic E-state index is 9.83. The van der Waals surface area contributed by atoms with Gasteiger partial charge in [0.15, 0.2) is 0 Å². The molecule has 4 heteroatoms. The molecule has 0 saturated heterocycles. The first-order valence-electron chi connectivity index (χ1n) is 2.56. The van der Waals surface area contributed by atoms with E-state index >= 15 is 0 Å². The van der Waals surface area contributed by atoms with Gasteiger partial charge in [0.25, 0.3) is 0 Å². The first kappa shape index (κ1) is 8.78. The van der Waals surface area contributed by atoms with Crippen LogP contribution in [0.5, 0.6) is 0 Å². The summed E-state index contributed by atoms with van der Waals surface area (Å²) in [5, 5.41) is 8.08. The summed E-state index contributed by atoms with van der Waals surface area (Å²) < 4.78 is 4.72. The van der Waals surface area contributed by atoms with Crippen molar-refractivity contribution in [1.82, 2.24) is 0 Å². The Morgan fingerprint density at radius 2 is 2.44 bits per heavy atom. The third-order valence-electron chi connectivity index (χ3n) is 0.657. The topological polar surface area (TPSA) is 46.5 Å². The molecule has 0 unspecified atom stereocenters. The number of thioether (sulfide) groups is 1. The van der Waals surface area contributed by atoms with Gasteiger partial charge in [-0.05, 0) is 6.26 Å². The summed E-state index contributed by atoms with van der Waals surface area (Å²) in [7, 11) is 0. The highest BCUT2D eigenvalue weighted by molar-refractivity contribution is 7.98. The van der Waals surface area contributed by atoms with Gasteiger partial charge >= 0.3 is 5.97 Å². The lowest BCUT2D eigenvalue weighted by Gasteiger charge is -1.96. The van der Waals surface area contributed by atoms with Gasteiger partial charge < -0.3 is 9.84 Å². The molecular weight excluding hydrogens is 140 g/mol. The number of rotatable bonds is 5. The molecule has 54 valence electrons. The van der Waals surface area contributed by atoms with Gasteiger partial charge in [-0.1, -0.05) is 0 Å². The van der Waals surface area contributed by atoms with Crippen molar-refractivity contribution in [3.63, 3.8) is 0 Å². The van der Waals surface area contributed by atoms with Crippen molar-refractivity contribution >= 4 is 17.7 Å². The Labute approximate surface area is 58.4 Å². The highest BCUT2D eigenvalue weighted by atomic mass is 32.2.